The molecule has 9 N–H and O–H groups in total. The van der Waals surface area contributed by atoms with E-state index in [0.29, 0.717) is 22.3 Å². The molecule has 1 aromatic rings. The molecule has 3 saturated heterocycles. The molecule has 6 unspecified atom stereocenters. The summed E-state index contributed by atoms with van der Waals surface area (Å²) in [7, 11) is -3.08. The Labute approximate surface area is 421 Å². The molecule has 4 rings (SSSR count). The lowest BCUT2D eigenvalue weighted by molar-refractivity contribution is -0.230. The molecular weight excluding hydrogens is 991 g/mol. The summed E-state index contributed by atoms with van der Waals surface area (Å²) in [5.41, 5.74) is 3.79. The Hall–Kier alpha value is -4.94. The van der Waals surface area contributed by atoms with E-state index < -0.39 is 156 Å². The monoisotopic (exact) mass is 1060 g/mol. The van der Waals surface area contributed by atoms with E-state index in [2.05, 4.69) is 35.4 Å². The van der Waals surface area contributed by atoms with E-state index in [1.807, 2.05) is 4.98 Å². The minimum absolute atomic E-state index is 0.178. The van der Waals surface area contributed by atoms with Crippen LogP contribution in [-0.2, 0) is 62.2 Å². The molecule has 0 aromatic carbocycles. The van der Waals surface area contributed by atoms with Crippen LogP contribution in [-0.4, -0.2) is 188 Å². The molecule has 3 fully saturated rings. The number of aliphatic hydroxyl groups is 3. The summed E-state index contributed by atoms with van der Waals surface area (Å²) in [6, 6.07) is -2.90. The number of nitrogens with zero attached hydrogens (tertiary/aromatic N) is 3. The van der Waals surface area contributed by atoms with E-state index in [4.69, 9.17) is 29.4 Å². The van der Waals surface area contributed by atoms with Crippen molar-refractivity contribution < 1.29 is 90.3 Å². The van der Waals surface area contributed by atoms with Gasteiger partial charge in [-0.2, -0.15) is 8.42 Å². The van der Waals surface area contributed by atoms with Crippen molar-refractivity contribution >= 4 is 40.2 Å². The van der Waals surface area contributed by atoms with Crippen LogP contribution in [0.25, 0.3) is 0 Å². The predicted molar refractivity (Wildman–Crippen MR) is 253 cm³/mol. The number of rotatable bonds is 29. The van der Waals surface area contributed by atoms with Gasteiger partial charge in [-0.05, 0) is 57.9 Å². The summed E-state index contributed by atoms with van der Waals surface area (Å²) in [5, 5.41) is 53.5. The maximum Gasteiger partial charge on any atom is 0.397 e. The van der Waals surface area contributed by atoms with Gasteiger partial charge in [0.1, 0.15) is 54.9 Å². The predicted octanol–water partition coefficient (Wildman–Crippen LogP) is -0.253. The smallest absolute Gasteiger partial charge is 0.397 e. The van der Waals surface area contributed by atoms with Crippen molar-refractivity contribution in [1.29, 1.82) is 0 Å². The fourth-order valence-electron chi connectivity index (χ4n) is 8.97. The van der Waals surface area contributed by atoms with Crippen LogP contribution in [0.15, 0.2) is 46.2 Å². The maximum absolute atomic E-state index is 14.7. The average Bonchev–Trinajstić information content (AvgIpc) is 3.71. The summed E-state index contributed by atoms with van der Waals surface area (Å²) < 4.78 is 68.1. The van der Waals surface area contributed by atoms with Crippen molar-refractivity contribution in [1.82, 2.24) is 19.4 Å². The largest absolute Gasteiger partial charge is 0.481 e. The molecule has 1 aromatic heterocycles. The molecule has 27 heteroatoms. The van der Waals surface area contributed by atoms with E-state index in [0.717, 1.165) is 62.7 Å². The molecule has 0 radical (unpaired) electrons. The lowest BCUT2D eigenvalue weighted by atomic mass is 9.97. The number of nitrogens with two attached hydrogens (primary N) is 1. The van der Waals surface area contributed by atoms with Gasteiger partial charge in [-0.1, -0.05) is 57.4 Å². The van der Waals surface area contributed by atoms with Gasteiger partial charge in [-0.15, -0.1) is 0 Å². The minimum atomic E-state index is -5.37. The molecule has 3 aliphatic rings. The number of amides is 1. The third-order valence-corrected chi connectivity index (χ3v) is 13.1. The zero-order valence-corrected chi connectivity index (χ0v) is 42.1. The number of allylic oxidation sites excluding steroid dienone is 4. The Balaban J connectivity index is 1.61. The zero-order valence-electron chi connectivity index (χ0n) is 41.3. The first-order valence-corrected chi connectivity index (χ1v) is 25.6. The van der Waals surface area contributed by atoms with Crippen molar-refractivity contribution in [2.24, 2.45) is 11.7 Å². The van der Waals surface area contributed by atoms with Crippen molar-refractivity contribution in [3.63, 3.8) is 0 Å². The van der Waals surface area contributed by atoms with Crippen LogP contribution in [0.3, 0.4) is 0 Å². The number of likely N-dealkylation sites (N-methyl/N-ethyl adjacent to an activating group) is 2. The van der Waals surface area contributed by atoms with Crippen LogP contribution in [0, 0.1) is 5.92 Å². The van der Waals surface area contributed by atoms with Crippen LogP contribution < -0.4 is 17.0 Å². The van der Waals surface area contributed by atoms with E-state index >= 15 is 0 Å². The molecule has 26 nitrogen and oxygen atoms in total. The summed E-state index contributed by atoms with van der Waals surface area (Å²) in [5.74, 6) is -6.33. The number of aliphatic hydroxyl groups excluding tert-OH is 3. The van der Waals surface area contributed by atoms with Crippen LogP contribution in [0.4, 0.5) is 0 Å². The molecular formula is C46H71N5O21S. The molecule has 0 saturated carbocycles. The summed E-state index contributed by atoms with van der Waals surface area (Å²) in [6.07, 6.45) is -3.74. The number of aromatic nitrogens is 2. The molecule has 14 atom stereocenters. The molecule has 0 spiro atoms. The van der Waals surface area contributed by atoms with E-state index in [9.17, 15) is 72.1 Å². The van der Waals surface area contributed by atoms with Crippen molar-refractivity contribution in [2.75, 3.05) is 27.2 Å². The fourth-order valence-corrected chi connectivity index (χ4v) is 9.46. The zero-order chi connectivity index (χ0) is 54.2. The first kappa shape index (κ1) is 60.6. The number of carboxylic acid groups (broad SMARTS) is 2. The van der Waals surface area contributed by atoms with Gasteiger partial charge in [-0.25, -0.2) is 13.8 Å². The lowest BCUT2D eigenvalue weighted by Crippen LogP contribution is -2.60. The molecule has 1 amide bonds. The first-order chi connectivity index (χ1) is 34.5. The highest BCUT2D eigenvalue weighted by Gasteiger charge is 2.58. The first-order valence-electron chi connectivity index (χ1n) is 24.3. The van der Waals surface area contributed by atoms with Gasteiger partial charge in [0.05, 0.1) is 6.42 Å². The summed E-state index contributed by atoms with van der Waals surface area (Å²) >= 11 is 0. The fraction of sp³-hybridized carbons (Fsp3) is 0.717. The second kappa shape index (κ2) is 28.7. The minimum Gasteiger partial charge on any atom is -0.481 e. The van der Waals surface area contributed by atoms with Crippen molar-refractivity contribution in [2.45, 2.75) is 177 Å². The number of hydrogen-bond donors (Lipinski definition) is 8. The number of H-pyrrole nitrogens is 1. The number of unbranched alkanes of at least 4 members (excludes halogenated alkanes) is 6. The number of nitrogens with one attached hydrogen (secondary N) is 1. The number of esters is 2. The SMILES string of the molecule is CCCCC/C=C\C/C=C\CCCCCC(CC(=O)OC1CN(C)C(C(O[C@@H]2O[C@H](CN)[C@@H](O)[C@H]2OS(=O)(=O)O)[C@H]2O[C@@H](n3ccc(=O)[nH]c3=O)[C@H](O)[C@@H]2O)C(=O)N(C)C1C(=O)O)OC(=O)CC(C)CC(=O)O. The molecule has 73 heavy (non-hydrogen) atoms. The van der Waals surface area contributed by atoms with Crippen LogP contribution in [0.2, 0.25) is 0 Å². The molecule has 4 heterocycles. The van der Waals surface area contributed by atoms with E-state index in [-0.39, 0.29) is 19.3 Å². The van der Waals surface area contributed by atoms with Crippen LogP contribution >= 0.6 is 0 Å². The third kappa shape index (κ3) is 17.9. The second-order valence-electron chi connectivity index (χ2n) is 18.5. The van der Waals surface area contributed by atoms with E-state index in [1.54, 1.807) is 6.92 Å². The number of ether oxygens (including phenoxy) is 5. The number of carboxylic acids is 2. The van der Waals surface area contributed by atoms with Gasteiger partial charge in [0, 0.05) is 45.2 Å². The quantitative estimate of drug-likeness (QED) is 0.0222. The van der Waals surface area contributed by atoms with Gasteiger partial charge < -0.3 is 59.9 Å². The van der Waals surface area contributed by atoms with Gasteiger partial charge in [0.2, 0.25) is 5.91 Å². The van der Waals surface area contributed by atoms with Crippen LogP contribution in [0.1, 0.15) is 104 Å². The molecule has 0 aliphatic carbocycles. The summed E-state index contributed by atoms with van der Waals surface area (Å²) in [6.45, 7) is 2.61. The average molecular weight is 1060 g/mol. The number of aromatic amines is 1. The van der Waals surface area contributed by atoms with Crippen LogP contribution in [0.5, 0.6) is 0 Å². The molecule has 3 aliphatic heterocycles. The highest BCUT2D eigenvalue weighted by atomic mass is 32.3. The topological polar surface area (TPSA) is 384 Å². The Morgan fingerprint density at radius 2 is 1.58 bits per heavy atom. The maximum atomic E-state index is 14.7. The summed E-state index contributed by atoms with van der Waals surface area (Å²) in [4.78, 5) is 94.4. The Morgan fingerprint density at radius 3 is 2.18 bits per heavy atom. The number of carbonyl (C=O) groups excluding carboxylic acids is 3. The van der Waals surface area contributed by atoms with Gasteiger partial charge in [-0.3, -0.25) is 43.0 Å². The normalized spacial score (nSPS) is 28.3. The molecule has 412 valence electrons. The number of aliphatic carboxylic acids is 2. The van der Waals surface area contributed by atoms with Gasteiger partial charge in [0.15, 0.2) is 24.7 Å². The standard InChI is InChI=1S/C46H71N5O21S/c1-5-6-7-8-9-10-11-12-13-14-15-16-17-18-27(67-32(55)22-26(2)21-31(53)54)23-33(56)68-29-25-49(3)35(42(60)50(4)34(29)44(61)62)39(71-45-41(72-73(64,65)66)36(57)28(24-47)69-45)40-37(58)38(59)43(70-40)51-20-19-30(52)48-46(51)63/h9-10,12-13,19-20,26-29,34-41,43,45,57-59H,5-8,11,14-18,21-25,47H2,1-4H3,(H,53,54)(H,61,62)(H,48,52,63)(H,64,65,66)/b10-9-,13-12-/t26?,27?,28-,29?,34?,35?,36-,37+,38-,39?,40+,41-,43-,45+/m1/s1. The Kier molecular flexibility index (Phi) is 23.8. The highest BCUT2D eigenvalue weighted by Crippen LogP contribution is 2.37. The second-order valence-corrected chi connectivity index (χ2v) is 19.6. The van der Waals surface area contributed by atoms with Gasteiger partial charge in [0.25, 0.3) is 5.56 Å². The third-order valence-electron chi connectivity index (χ3n) is 12.6. The van der Waals surface area contributed by atoms with E-state index in [1.165, 1.54) is 13.5 Å². The van der Waals surface area contributed by atoms with Crippen molar-refractivity contribution in [3.8, 4) is 0 Å². The Bertz CT molecular complexity index is 2290. The lowest BCUT2D eigenvalue weighted by Gasteiger charge is -2.38. The van der Waals surface area contributed by atoms with Gasteiger partial charge >= 0.3 is 40.0 Å². The number of carbonyl (C=O) groups is 5. The molecule has 0 bridgehead atoms. The number of hydrogen-bond acceptors (Lipinski definition) is 20. The highest BCUT2D eigenvalue weighted by molar-refractivity contribution is 7.80. The van der Waals surface area contributed by atoms with Crippen molar-refractivity contribution in [3.05, 3.63) is 57.4 Å². The Morgan fingerprint density at radius 1 is 0.904 bits per heavy atom.